The largest absolute Gasteiger partial charge is 0.456 e. The number of halogens is 2. The lowest BCUT2D eigenvalue weighted by Crippen LogP contribution is -2.14. The Labute approximate surface area is 184 Å². The zero-order valence-corrected chi connectivity index (χ0v) is 17.9. The number of carbonyl (C=O) groups excluding carboxylic acids is 1. The lowest BCUT2D eigenvalue weighted by molar-refractivity contribution is -0.115. The highest BCUT2D eigenvalue weighted by Crippen LogP contribution is 2.34. The number of carbonyl (C=O) groups is 1. The van der Waals surface area contributed by atoms with Crippen molar-refractivity contribution in [2.45, 2.75) is 24.7 Å². The first-order chi connectivity index (χ1) is 14.0. The number of aryl methyl sites for hydroxylation is 1. The molecule has 3 aromatic carbocycles. The van der Waals surface area contributed by atoms with Gasteiger partial charge in [0.2, 0.25) is 5.91 Å². The van der Waals surface area contributed by atoms with Crippen molar-refractivity contribution in [1.82, 2.24) is 0 Å². The number of hydrogen-bond donors (Lipinski definition) is 2. The van der Waals surface area contributed by atoms with E-state index in [4.69, 9.17) is 27.9 Å². The van der Waals surface area contributed by atoms with Gasteiger partial charge in [-0.15, -0.1) is 0 Å². The van der Waals surface area contributed by atoms with Crippen molar-refractivity contribution in [3.05, 3.63) is 81.8 Å². The number of ether oxygens (including phenoxy) is 1. The molecule has 7 heteroatoms. The summed E-state index contributed by atoms with van der Waals surface area (Å²) in [5, 5.41) is 4.01. The van der Waals surface area contributed by atoms with Gasteiger partial charge >= 0.3 is 0 Å². The molecule has 0 saturated carbocycles. The standard InChI is InChI=1S/C22H19Cl2NO3S/c1-2-14-3-4-15(19(24)11-14)12-22(26)25-17-7-10-20(21(13-17)29-27)28-18-8-5-16(23)6-9-18/h3-11,13,27H,2,12H2,1H3,(H,25,26). The zero-order chi connectivity index (χ0) is 20.8. The van der Waals surface area contributed by atoms with Gasteiger partial charge in [-0.1, -0.05) is 42.3 Å². The first kappa shape index (κ1) is 21.5. The Morgan fingerprint density at radius 1 is 1.07 bits per heavy atom. The second kappa shape index (κ2) is 10.0. The average Bonchev–Trinajstić information content (AvgIpc) is 2.72. The third-order valence-corrected chi connectivity index (χ3v) is 5.36. The second-order valence-corrected chi connectivity index (χ2v) is 7.78. The first-order valence-corrected chi connectivity index (χ1v) is 10.5. The van der Waals surface area contributed by atoms with Crippen LogP contribution in [0, 0.1) is 0 Å². The predicted molar refractivity (Wildman–Crippen MR) is 120 cm³/mol. The molecule has 29 heavy (non-hydrogen) atoms. The molecule has 0 aliphatic carbocycles. The summed E-state index contributed by atoms with van der Waals surface area (Å²) in [7, 11) is 0. The Hall–Kier alpha value is -2.18. The van der Waals surface area contributed by atoms with E-state index in [-0.39, 0.29) is 12.3 Å². The molecule has 1 amide bonds. The minimum Gasteiger partial charge on any atom is -0.456 e. The summed E-state index contributed by atoms with van der Waals surface area (Å²) < 4.78 is 15.4. The van der Waals surface area contributed by atoms with Crippen molar-refractivity contribution in [3.63, 3.8) is 0 Å². The monoisotopic (exact) mass is 447 g/mol. The van der Waals surface area contributed by atoms with Crippen LogP contribution in [0.4, 0.5) is 5.69 Å². The maximum atomic E-state index is 12.4. The van der Waals surface area contributed by atoms with Gasteiger partial charge in [0.05, 0.1) is 11.3 Å². The van der Waals surface area contributed by atoms with Gasteiger partial charge in [-0.3, -0.25) is 4.79 Å². The maximum Gasteiger partial charge on any atom is 0.228 e. The van der Waals surface area contributed by atoms with Crippen molar-refractivity contribution in [3.8, 4) is 11.5 Å². The highest BCUT2D eigenvalue weighted by Gasteiger charge is 2.11. The normalized spacial score (nSPS) is 10.6. The lowest BCUT2D eigenvalue weighted by Gasteiger charge is -2.12. The molecule has 0 fully saturated rings. The molecule has 3 aromatic rings. The zero-order valence-electron chi connectivity index (χ0n) is 15.6. The summed E-state index contributed by atoms with van der Waals surface area (Å²) >= 11 is 12.7. The van der Waals surface area contributed by atoms with Gasteiger partial charge in [-0.05, 0) is 66.1 Å². The SMILES string of the molecule is CCc1ccc(CC(=O)Nc2ccc(Oc3ccc(Cl)cc3)c(SO)c2)c(Cl)c1. The Bertz CT molecular complexity index is 1010. The average molecular weight is 448 g/mol. The molecule has 3 rings (SSSR count). The van der Waals surface area contributed by atoms with Crippen LogP contribution in [0.3, 0.4) is 0 Å². The smallest absolute Gasteiger partial charge is 0.228 e. The molecule has 150 valence electrons. The molecule has 0 heterocycles. The topological polar surface area (TPSA) is 58.6 Å². The maximum absolute atomic E-state index is 12.4. The van der Waals surface area contributed by atoms with Crippen LogP contribution in [-0.4, -0.2) is 10.5 Å². The van der Waals surface area contributed by atoms with E-state index in [1.165, 1.54) is 0 Å². The van der Waals surface area contributed by atoms with Crippen molar-refractivity contribution < 1.29 is 14.1 Å². The Morgan fingerprint density at radius 2 is 1.83 bits per heavy atom. The molecule has 0 spiro atoms. The van der Waals surface area contributed by atoms with Gasteiger partial charge < -0.3 is 14.6 Å². The highest BCUT2D eigenvalue weighted by atomic mass is 35.5. The third-order valence-electron chi connectivity index (χ3n) is 4.24. The Morgan fingerprint density at radius 3 is 2.48 bits per heavy atom. The molecule has 0 bridgehead atoms. The summed E-state index contributed by atoms with van der Waals surface area (Å²) in [6, 6.07) is 17.7. The summed E-state index contributed by atoms with van der Waals surface area (Å²) in [6.45, 7) is 2.05. The molecule has 0 atom stereocenters. The van der Waals surface area contributed by atoms with E-state index in [2.05, 4.69) is 12.2 Å². The second-order valence-electron chi connectivity index (χ2n) is 6.31. The molecular weight excluding hydrogens is 429 g/mol. The molecule has 0 aliphatic heterocycles. The molecule has 4 nitrogen and oxygen atoms in total. The third kappa shape index (κ3) is 5.90. The van der Waals surface area contributed by atoms with E-state index < -0.39 is 0 Å². The number of rotatable bonds is 7. The van der Waals surface area contributed by atoms with Gasteiger partial charge in [0.1, 0.15) is 11.5 Å². The number of nitrogens with one attached hydrogen (secondary N) is 1. The highest BCUT2D eigenvalue weighted by molar-refractivity contribution is 7.93. The Balaban J connectivity index is 1.69. The van der Waals surface area contributed by atoms with Crippen molar-refractivity contribution in [2.24, 2.45) is 0 Å². The molecule has 0 aliphatic rings. The quantitative estimate of drug-likeness (QED) is 0.379. The molecule has 0 aromatic heterocycles. The van der Waals surface area contributed by atoms with Crippen molar-refractivity contribution in [1.29, 1.82) is 0 Å². The fourth-order valence-electron chi connectivity index (χ4n) is 2.70. The minimum absolute atomic E-state index is 0.160. The lowest BCUT2D eigenvalue weighted by atomic mass is 10.1. The summed E-state index contributed by atoms with van der Waals surface area (Å²) in [5.74, 6) is 0.860. The van der Waals surface area contributed by atoms with E-state index in [0.717, 1.165) is 17.5 Å². The number of anilines is 1. The van der Waals surface area contributed by atoms with E-state index in [1.807, 2.05) is 18.2 Å². The van der Waals surface area contributed by atoms with Crippen LogP contribution in [0.15, 0.2) is 65.6 Å². The minimum atomic E-state index is -0.198. The fraction of sp³-hybridized carbons (Fsp3) is 0.136. The van der Waals surface area contributed by atoms with Crippen LogP contribution in [0.25, 0.3) is 0 Å². The summed E-state index contributed by atoms with van der Waals surface area (Å²) in [4.78, 5) is 12.9. The number of amides is 1. The van der Waals surface area contributed by atoms with Crippen molar-refractivity contribution >= 4 is 46.8 Å². The number of benzene rings is 3. The predicted octanol–water partition coefficient (Wildman–Crippen LogP) is 7.09. The summed E-state index contributed by atoms with van der Waals surface area (Å²) in [5.41, 5.74) is 2.44. The number of hydrogen-bond acceptors (Lipinski definition) is 4. The molecule has 0 radical (unpaired) electrons. The van der Waals surface area contributed by atoms with Gasteiger partial charge in [-0.25, -0.2) is 0 Å². The van der Waals surface area contributed by atoms with Gasteiger partial charge in [0.25, 0.3) is 0 Å². The van der Waals surface area contributed by atoms with Crippen LogP contribution in [-0.2, 0) is 17.6 Å². The fourth-order valence-corrected chi connectivity index (χ4v) is 3.48. The van der Waals surface area contributed by atoms with Crippen LogP contribution in [0.2, 0.25) is 10.0 Å². The van der Waals surface area contributed by atoms with Crippen LogP contribution in [0.1, 0.15) is 18.1 Å². The molecule has 0 unspecified atom stereocenters. The summed E-state index contributed by atoms with van der Waals surface area (Å²) in [6.07, 6.45) is 1.05. The van der Waals surface area contributed by atoms with Gasteiger partial charge in [-0.2, -0.15) is 0 Å². The van der Waals surface area contributed by atoms with E-state index in [0.29, 0.717) is 44.2 Å². The van der Waals surface area contributed by atoms with Crippen molar-refractivity contribution in [2.75, 3.05) is 5.32 Å². The van der Waals surface area contributed by atoms with Gasteiger partial charge in [0.15, 0.2) is 0 Å². The molecular formula is C22H19Cl2NO3S. The van der Waals surface area contributed by atoms with E-state index >= 15 is 0 Å². The molecule has 0 saturated heterocycles. The van der Waals surface area contributed by atoms with E-state index in [1.54, 1.807) is 42.5 Å². The van der Waals surface area contributed by atoms with Gasteiger partial charge in [0, 0.05) is 27.8 Å². The van der Waals surface area contributed by atoms with Crippen LogP contribution in [0.5, 0.6) is 11.5 Å². The molecule has 2 N–H and O–H groups in total. The van der Waals surface area contributed by atoms with Crippen LogP contribution < -0.4 is 10.1 Å². The first-order valence-electron chi connectivity index (χ1n) is 8.94. The van der Waals surface area contributed by atoms with E-state index in [9.17, 15) is 9.35 Å². The van der Waals surface area contributed by atoms with Crippen LogP contribution >= 0.6 is 35.2 Å². The Kier molecular flexibility index (Phi) is 7.45.